The van der Waals surface area contributed by atoms with E-state index in [9.17, 15) is 4.79 Å². The Labute approximate surface area is 119 Å². The number of hydrogen-bond donors (Lipinski definition) is 0. The number of hydrogen-bond acceptors (Lipinski definition) is 3. The van der Waals surface area contributed by atoms with Crippen LogP contribution in [-0.4, -0.2) is 43.9 Å². The molecule has 0 radical (unpaired) electrons. The van der Waals surface area contributed by atoms with Crippen LogP contribution in [0.3, 0.4) is 0 Å². The van der Waals surface area contributed by atoms with Crippen molar-refractivity contribution in [3.05, 3.63) is 28.8 Å². The van der Waals surface area contributed by atoms with Gasteiger partial charge in [0, 0.05) is 38.3 Å². The van der Waals surface area contributed by atoms with E-state index in [4.69, 9.17) is 11.6 Å². The number of benzene rings is 1. The van der Waals surface area contributed by atoms with Crippen molar-refractivity contribution >= 4 is 23.6 Å². The zero-order chi connectivity index (χ0) is 13.2. The van der Waals surface area contributed by atoms with E-state index in [-0.39, 0.29) is 0 Å². The van der Waals surface area contributed by atoms with Crippen LogP contribution in [0.25, 0.3) is 0 Å². The number of piperazine rings is 1. The highest BCUT2D eigenvalue weighted by Crippen LogP contribution is 2.31. The standard InChI is InChI=1S/C15H19ClN2O/c16-14-9-13(11-19)3-4-15(14)18-7-5-17(6-8-18)10-12-1-2-12/h3-4,9,11-12H,1-2,5-8,10H2. The van der Waals surface area contributed by atoms with Crippen LogP contribution in [0, 0.1) is 5.92 Å². The Morgan fingerprint density at radius 1 is 1.21 bits per heavy atom. The van der Waals surface area contributed by atoms with E-state index in [1.165, 1.54) is 19.4 Å². The maximum Gasteiger partial charge on any atom is 0.150 e. The molecular weight excluding hydrogens is 260 g/mol. The minimum Gasteiger partial charge on any atom is -0.368 e. The lowest BCUT2D eigenvalue weighted by Gasteiger charge is -2.36. The molecule has 3 rings (SSSR count). The summed E-state index contributed by atoms with van der Waals surface area (Å²) in [6.45, 7) is 5.54. The predicted molar refractivity (Wildman–Crippen MR) is 78.2 cm³/mol. The molecule has 102 valence electrons. The fourth-order valence-corrected chi connectivity index (χ4v) is 3.00. The highest BCUT2D eigenvalue weighted by molar-refractivity contribution is 6.33. The number of rotatable bonds is 4. The molecule has 1 heterocycles. The van der Waals surface area contributed by atoms with Crippen molar-refractivity contribution in [1.29, 1.82) is 0 Å². The van der Waals surface area contributed by atoms with Gasteiger partial charge in [0.05, 0.1) is 10.7 Å². The van der Waals surface area contributed by atoms with Crippen LogP contribution in [0.1, 0.15) is 23.2 Å². The van der Waals surface area contributed by atoms with E-state index in [0.29, 0.717) is 10.6 Å². The zero-order valence-electron chi connectivity index (χ0n) is 11.0. The molecule has 0 bridgehead atoms. The molecule has 1 aromatic carbocycles. The van der Waals surface area contributed by atoms with Crippen molar-refractivity contribution < 1.29 is 4.79 Å². The summed E-state index contributed by atoms with van der Waals surface area (Å²) in [6.07, 6.45) is 3.67. The molecule has 0 atom stereocenters. The summed E-state index contributed by atoms with van der Waals surface area (Å²) in [6, 6.07) is 5.55. The first kappa shape index (κ1) is 12.9. The van der Waals surface area contributed by atoms with Gasteiger partial charge in [-0.1, -0.05) is 11.6 Å². The van der Waals surface area contributed by atoms with Crippen molar-refractivity contribution in [2.24, 2.45) is 5.92 Å². The second-order valence-corrected chi connectivity index (χ2v) is 5.97. The van der Waals surface area contributed by atoms with Crippen molar-refractivity contribution in [3.8, 4) is 0 Å². The van der Waals surface area contributed by atoms with Crippen molar-refractivity contribution in [1.82, 2.24) is 4.90 Å². The summed E-state index contributed by atoms with van der Waals surface area (Å²) < 4.78 is 0. The quantitative estimate of drug-likeness (QED) is 0.791. The molecule has 2 fully saturated rings. The van der Waals surface area contributed by atoms with E-state index in [1.54, 1.807) is 6.07 Å². The number of anilines is 1. The highest BCUT2D eigenvalue weighted by Gasteiger charge is 2.26. The van der Waals surface area contributed by atoms with Gasteiger partial charge in [-0.25, -0.2) is 0 Å². The van der Waals surface area contributed by atoms with Crippen LogP contribution >= 0.6 is 11.6 Å². The number of carbonyl (C=O) groups excluding carboxylic acids is 1. The Hall–Kier alpha value is -1.06. The van der Waals surface area contributed by atoms with Gasteiger partial charge in [-0.3, -0.25) is 9.69 Å². The molecular formula is C15H19ClN2O. The monoisotopic (exact) mass is 278 g/mol. The van der Waals surface area contributed by atoms with E-state index >= 15 is 0 Å². The normalized spacial score (nSPS) is 20.6. The lowest BCUT2D eigenvalue weighted by molar-refractivity contribution is 0.112. The third kappa shape index (κ3) is 3.10. The first-order valence-electron chi connectivity index (χ1n) is 6.98. The molecule has 4 heteroatoms. The molecule has 19 heavy (non-hydrogen) atoms. The minimum absolute atomic E-state index is 0.640. The van der Waals surface area contributed by atoms with Crippen molar-refractivity contribution in [2.45, 2.75) is 12.8 Å². The predicted octanol–water partition coefficient (Wildman–Crippen LogP) is 2.68. The molecule has 0 N–H and O–H groups in total. The van der Waals surface area contributed by atoms with Crippen molar-refractivity contribution in [2.75, 3.05) is 37.6 Å². The molecule has 1 saturated heterocycles. The van der Waals surface area contributed by atoms with Gasteiger partial charge in [0.1, 0.15) is 6.29 Å². The second kappa shape index (κ2) is 5.51. The van der Waals surface area contributed by atoms with E-state index in [2.05, 4.69) is 9.80 Å². The van der Waals surface area contributed by atoms with Crippen LogP contribution in [-0.2, 0) is 0 Å². The molecule has 1 saturated carbocycles. The van der Waals surface area contributed by atoms with Crippen LogP contribution in [0.15, 0.2) is 18.2 Å². The van der Waals surface area contributed by atoms with E-state index in [0.717, 1.165) is 44.1 Å². The molecule has 2 aliphatic rings. The lowest BCUT2D eigenvalue weighted by atomic mass is 10.2. The minimum atomic E-state index is 0.640. The smallest absolute Gasteiger partial charge is 0.150 e. The summed E-state index contributed by atoms with van der Waals surface area (Å²) >= 11 is 6.26. The summed E-state index contributed by atoms with van der Waals surface area (Å²) in [4.78, 5) is 15.6. The van der Waals surface area contributed by atoms with Gasteiger partial charge in [0.2, 0.25) is 0 Å². The SMILES string of the molecule is O=Cc1ccc(N2CCN(CC3CC3)CC2)c(Cl)c1. The van der Waals surface area contributed by atoms with Gasteiger partial charge < -0.3 is 4.90 Å². The molecule has 1 aliphatic heterocycles. The number of nitrogens with zero attached hydrogens (tertiary/aromatic N) is 2. The van der Waals surface area contributed by atoms with Gasteiger partial charge in [0.25, 0.3) is 0 Å². The Morgan fingerprint density at radius 3 is 2.53 bits per heavy atom. The first-order chi connectivity index (χ1) is 9.26. The van der Waals surface area contributed by atoms with Crippen LogP contribution in [0.5, 0.6) is 0 Å². The van der Waals surface area contributed by atoms with E-state index in [1.807, 2.05) is 12.1 Å². The lowest BCUT2D eigenvalue weighted by Crippen LogP contribution is -2.47. The third-order valence-electron chi connectivity index (χ3n) is 4.03. The van der Waals surface area contributed by atoms with Gasteiger partial charge in [-0.2, -0.15) is 0 Å². The van der Waals surface area contributed by atoms with Gasteiger partial charge in [0.15, 0.2) is 0 Å². The summed E-state index contributed by atoms with van der Waals surface area (Å²) in [7, 11) is 0. The number of aldehydes is 1. The summed E-state index contributed by atoms with van der Waals surface area (Å²) in [5, 5.41) is 0.681. The molecule has 0 amide bonds. The molecule has 3 nitrogen and oxygen atoms in total. The number of carbonyl (C=O) groups is 1. The summed E-state index contributed by atoms with van der Waals surface area (Å²) in [5.74, 6) is 0.960. The largest absolute Gasteiger partial charge is 0.368 e. The Bertz CT molecular complexity index is 465. The molecule has 0 aromatic heterocycles. The summed E-state index contributed by atoms with van der Waals surface area (Å²) in [5.41, 5.74) is 1.69. The topological polar surface area (TPSA) is 23.6 Å². The first-order valence-corrected chi connectivity index (χ1v) is 7.36. The average Bonchev–Trinajstić information content (AvgIpc) is 3.24. The van der Waals surface area contributed by atoms with E-state index < -0.39 is 0 Å². The maximum atomic E-state index is 10.7. The van der Waals surface area contributed by atoms with Gasteiger partial charge in [-0.05, 0) is 37.0 Å². The molecule has 1 aromatic rings. The maximum absolute atomic E-state index is 10.7. The fourth-order valence-electron chi connectivity index (χ4n) is 2.69. The molecule has 0 unspecified atom stereocenters. The van der Waals surface area contributed by atoms with Crippen LogP contribution in [0.2, 0.25) is 5.02 Å². The van der Waals surface area contributed by atoms with Gasteiger partial charge >= 0.3 is 0 Å². The molecule has 0 spiro atoms. The average molecular weight is 279 g/mol. The Balaban J connectivity index is 1.62. The fraction of sp³-hybridized carbons (Fsp3) is 0.533. The Kier molecular flexibility index (Phi) is 3.76. The third-order valence-corrected chi connectivity index (χ3v) is 4.34. The van der Waals surface area contributed by atoms with Crippen molar-refractivity contribution in [3.63, 3.8) is 0 Å². The number of halogens is 1. The Morgan fingerprint density at radius 2 is 1.95 bits per heavy atom. The zero-order valence-corrected chi connectivity index (χ0v) is 11.8. The second-order valence-electron chi connectivity index (χ2n) is 5.56. The molecule has 1 aliphatic carbocycles. The van der Waals surface area contributed by atoms with Crippen LogP contribution < -0.4 is 4.90 Å². The van der Waals surface area contributed by atoms with Crippen LogP contribution in [0.4, 0.5) is 5.69 Å². The van der Waals surface area contributed by atoms with Gasteiger partial charge in [-0.15, -0.1) is 0 Å². The highest BCUT2D eigenvalue weighted by atomic mass is 35.5.